The van der Waals surface area contributed by atoms with Gasteiger partial charge >= 0.3 is 11.9 Å². The molecule has 0 unspecified atom stereocenters. The molecule has 0 atom stereocenters. The second kappa shape index (κ2) is 8.39. The molecular weight excluding hydrogens is 488 g/mol. The van der Waals surface area contributed by atoms with E-state index >= 15 is 0 Å². The molecule has 5 aromatic rings. The van der Waals surface area contributed by atoms with Gasteiger partial charge in [-0.15, -0.1) is 0 Å². The molecule has 11 heteroatoms. The summed E-state index contributed by atoms with van der Waals surface area (Å²) < 4.78 is 56.4. The summed E-state index contributed by atoms with van der Waals surface area (Å²) >= 11 is 0. The van der Waals surface area contributed by atoms with E-state index in [4.69, 9.17) is 0 Å². The van der Waals surface area contributed by atoms with Crippen LogP contribution in [0.25, 0.3) is 33.9 Å². The first kappa shape index (κ1) is 23.1. The SMILES string of the molecule is Cn1cc(C(F)(F)F)nc1-c1ccc(Cn2c(=O)[nH]c3cnc(-c4cccc(F)c4C4CC4)nc32)cc1. The minimum absolute atomic E-state index is 0.147. The summed E-state index contributed by atoms with van der Waals surface area (Å²) in [5, 5.41) is 0. The normalized spacial score (nSPS) is 14.0. The van der Waals surface area contributed by atoms with E-state index in [-0.39, 0.29) is 29.8 Å². The highest BCUT2D eigenvalue weighted by atomic mass is 19.4. The van der Waals surface area contributed by atoms with Crippen LogP contribution in [0, 0.1) is 5.82 Å². The van der Waals surface area contributed by atoms with Crippen molar-refractivity contribution in [1.29, 1.82) is 0 Å². The number of hydrogen-bond acceptors (Lipinski definition) is 4. The number of fused-ring (bicyclic) bond motifs is 1. The van der Waals surface area contributed by atoms with Crippen molar-refractivity contribution in [2.24, 2.45) is 7.05 Å². The van der Waals surface area contributed by atoms with Gasteiger partial charge in [0.1, 0.15) is 17.2 Å². The largest absolute Gasteiger partial charge is 0.434 e. The third-order valence-corrected chi connectivity index (χ3v) is 6.51. The fraction of sp³-hybridized carbons (Fsp3) is 0.231. The van der Waals surface area contributed by atoms with Crippen molar-refractivity contribution in [2.45, 2.75) is 31.5 Å². The Kier molecular flexibility index (Phi) is 5.25. The number of halogens is 4. The Labute approximate surface area is 207 Å². The van der Waals surface area contributed by atoms with Crippen LogP contribution < -0.4 is 5.69 Å². The number of rotatable bonds is 5. The average molecular weight is 508 g/mol. The molecule has 1 aliphatic carbocycles. The van der Waals surface area contributed by atoms with Gasteiger partial charge in [0.15, 0.2) is 17.2 Å². The maximum Gasteiger partial charge on any atom is 0.434 e. The summed E-state index contributed by atoms with van der Waals surface area (Å²) in [5.74, 6) is 0.382. The Morgan fingerprint density at radius 3 is 2.51 bits per heavy atom. The van der Waals surface area contributed by atoms with Gasteiger partial charge in [-0.1, -0.05) is 36.4 Å². The molecule has 2 aromatic carbocycles. The van der Waals surface area contributed by atoms with Crippen LogP contribution in [0.15, 0.2) is 59.7 Å². The second-order valence-electron chi connectivity index (χ2n) is 9.18. The third-order valence-electron chi connectivity index (χ3n) is 6.51. The smallest absolute Gasteiger partial charge is 0.333 e. The van der Waals surface area contributed by atoms with Crippen molar-refractivity contribution in [3.05, 3.63) is 88.0 Å². The number of H-pyrrole nitrogens is 1. The lowest BCUT2D eigenvalue weighted by Crippen LogP contribution is -2.17. The molecule has 188 valence electrons. The van der Waals surface area contributed by atoms with Gasteiger partial charge in [0.05, 0.1) is 12.7 Å². The minimum atomic E-state index is -4.53. The van der Waals surface area contributed by atoms with Crippen LogP contribution in [0.3, 0.4) is 0 Å². The number of hydrogen-bond donors (Lipinski definition) is 1. The van der Waals surface area contributed by atoms with Gasteiger partial charge in [0.25, 0.3) is 0 Å². The number of nitrogens with one attached hydrogen (secondary N) is 1. The molecule has 3 heterocycles. The van der Waals surface area contributed by atoms with E-state index in [1.165, 1.54) is 28.4 Å². The molecule has 1 aliphatic rings. The third kappa shape index (κ3) is 4.20. The first-order valence-electron chi connectivity index (χ1n) is 11.6. The fourth-order valence-corrected chi connectivity index (χ4v) is 4.55. The molecule has 0 saturated heterocycles. The van der Waals surface area contributed by atoms with E-state index in [0.717, 1.165) is 24.6 Å². The molecule has 0 bridgehead atoms. The Morgan fingerprint density at radius 1 is 1.08 bits per heavy atom. The lowest BCUT2D eigenvalue weighted by molar-refractivity contribution is -0.140. The van der Waals surface area contributed by atoms with Crippen molar-refractivity contribution in [1.82, 2.24) is 29.1 Å². The number of nitrogens with zero attached hydrogens (tertiary/aromatic N) is 5. The van der Waals surface area contributed by atoms with Crippen LogP contribution >= 0.6 is 0 Å². The molecule has 6 rings (SSSR count). The van der Waals surface area contributed by atoms with Crippen LogP contribution in [0.5, 0.6) is 0 Å². The quantitative estimate of drug-likeness (QED) is 0.328. The zero-order chi connectivity index (χ0) is 25.9. The highest BCUT2D eigenvalue weighted by molar-refractivity contribution is 5.74. The van der Waals surface area contributed by atoms with Crippen molar-refractivity contribution in [2.75, 3.05) is 0 Å². The molecule has 1 fully saturated rings. The first-order chi connectivity index (χ1) is 17.7. The van der Waals surface area contributed by atoms with E-state index in [2.05, 4.69) is 19.9 Å². The Bertz CT molecular complexity index is 1690. The molecule has 1 N–H and O–H groups in total. The molecule has 37 heavy (non-hydrogen) atoms. The Morgan fingerprint density at radius 2 is 1.84 bits per heavy atom. The van der Waals surface area contributed by atoms with E-state index < -0.39 is 11.9 Å². The number of benzene rings is 2. The first-order valence-corrected chi connectivity index (χ1v) is 11.6. The van der Waals surface area contributed by atoms with Gasteiger partial charge in [-0.3, -0.25) is 4.57 Å². The predicted molar refractivity (Wildman–Crippen MR) is 128 cm³/mol. The highest BCUT2D eigenvalue weighted by Crippen LogP contribution is 2.45. The topological polar surface area (TPSA) is 81.4 Å². The van der Waals surface area contributed by atoms with Crippen LogP contribution in [-0.2, 0) is 19.8 Å². The highest BCUT2D eigenvalue weighted by Gasteiger charge is 2.34. The van der Waals surface area contributed by atoms with E-state index in [9.17, 15) is 22.4 Å². The van der Waals surface area contributed by atoms with Gasteiger partial charge in [-0.25, -0.2) is 24.1 Å². The number of alkyl halides is 3. The molecule has 1 saturated carbocycles. The average Bonchev–Trinajstić information content (AvgIpc) is 3.55. The van der Waals surface area contributed by atoms with Gasteiger partial charge < -0.3 is 9.55 Å². The summed E-state index contributed by atoms with van der Waals surface area (Å²) in [4.78, 5) is 28.2. The summed E-state index contributed by atoms with van der Waals surface area (Å²) in [5.41, 5.74) is 1.95. The van der Waals surface area contributed by atoms with Crippen LogP contribution in [0.2, 0.25) is 0 Å². The van der Waals surface area contributed by atoms with E-state index in [0.29, 0.717) is 33.7 Å². The predicted octanol–water partition coefficient (Wildman–Crippen LogP) is 5.27. The zero-order valence-corrected chi connectivity index (χ0v) is 19.6. The van der Waals surface area contributed by atoms with E-state index in [1.807, 2.05) is 0 Å². The molecule has 0 spiro atoms. The maximum absolute atomic E-state index is 14.6. The van der Waals surface area contributed by atoms with Crippen molar-refractivity contribution < 1.29 is 17.6 Å². The molecular formula is C26H20F4N6O. The standard InChI is InChI=1S/C26H20F4N6O/c1-35-13-20(26(28,29)30)33-23(35)16-7-5-14(6-8-16)12-36-24-19(32-25(36)37)11-31-22(34-24)17-3-2-4-18(27)21(17)15-9-10-15/h2-8,11,13,15H,9-10,12H2,1H3,(H,32,37). The van der Waals surface area contributed by atoms with Crippen LogP contribution in [-0.4, -0.2) is 29.1 Å². The molecule has 0 radical (unpaired) electrons. The summed E-state index contributed by atoms with van der Waals surface area (Å²) in [6.07, 6.45) is -0.245. The second-order valence-corrected chi connectivity index (χ2v) is 9.18. The molecule has 0 aliphatic heterocycles. The van der Waals surface area contributed by atoms with Crippen molar-refractivity contribution in [3.63, 3.8) is 0 Å². The number of aromatic amines is 1. The molecule has 0 amide bonds. The van der Waals surface area contributed by atoms with Crippen LogP contribution in [0.1, 0.15) is 35.6 Å². The molecule has 7 nitrogen and oxygen atoms in total. The number of aromatic nitrogens is 6. The Hall–Kier alpha value is -4.28. The fourth-order valence-electron chi connectivity index (χ4n) is 4.55. The lowest BCUT2D eigenvalue weighted by atomic mass is 10.0. The van der Waals surface area contributed by atoms with Crippen LogP contribution in [0.4, 0.5) is 17.6 Å². The monoisotopic (exact) mass is 508 g/mol. The van der Waals surface area contributed by atoms with Crippen molar-refractivity contribution in [3.8, 4) is 22.8 Å². The molecule has 3 aromatic heterocycles. The van der Waals surface area contributed by atoms with E-state index in [1.54, 1.807) is 36.4 Å². The maximum atomic E-state index is 14.6. The summed E-state index contributed by atoms with van der Waals surface area (Å²) in [6.45, 7) is 0.169. The lowest BCUT2D eigenvalue weighted by Gasteiger charge is -2.09. The summed E-state index contributed by atoms with van der Waals surface area (Å²) in [7, 11) is 1.50. The van der Waals surface area contributed by atoms with Gasteiger partial charge in [-0.05, 0) is 30.4 Å². The van der Waals surface area contributed by atoms with Gasteiger partial charge in [0, 0.05) is 29.9 Å². The summed E-state index contributed by atoms with van der Waals surface area (Å²) in [6, 6.07) is 11.6. The van der Waals surface area contributed by atoms with Gasteiger partial charge in [-0.2, -0.15) is 13.2 Å². The zero-order valence-electron chi connectivity index (χ0n) is 19.6. The minimum Gasteiger partial charge on any atom is -0.333 e. The number of aryl methyl sites for hydroxylation is 1. The van der Waals surface area contributed by atoms with Crippen molar-refractivity contribution >= 4 is 11.2 Å². The van der Waals surface area contributed by atoms with Gasteiger partial charge in [0.2, 0.25) is 0 Å². The number of imidazole rings is 2. The Balaban J connectivity index is 1.33.